The van der Waals surface area contributed by atoms with Crippen molar-refractivity contribution in [1.29, 1.82) is 0 Å². The molecule has 2 N–H and O–H groups in total. The first-order valence-electron chi connectivity index (χ1n) is 3.61. The van der Waals surface area contributed by atoms with Crippen molar-refractivity contribution in [3.63, 3.8) is 0 Å². The molecule has 10 heavy (non-hydrogen) atoms. The minimum absolute atomic E-state index is 0.0972. The number of terminal acetylenes is 1. The summed E-state index contributed by atoms with van der Waals surface area (Å²) in [4.78, 5) is 0. The summed E-state index contributed by atoms with van der Waals surface area (Å²) in [6.07, 6.45) is 7.67. The average molecular weight is 139 g/mol. The lowest BCUT2D eigenvalue weighted by Gasteiger charge is -2.13. The Hall–Kier alpha value is -0.520. The van der Waals surface area contributed by atoms with Crippen molar-refractivity contribution < 1.29 is 4.74 Å². The van der Waals surface area contributed by atoms with E-state index in [9.17, 15) is 0 Å². The molecule has 1 heterocycles. The number of rotatable bonds is 1. The van der Waals surface area contributed by atoms with Crippen LogP contribution < -0.4 is 5.73 Å². The third kappa shape index (κ3) is 1.50. The minimum Gasteiger partial charge on any atom is -0.373 e. The molecule has 0 radical (unpaired) electrons. The minimum atomic E-state index is -0.218. The van der Waals surface area contributed by atoms with Gasteiger partial charge in [0.05, 0.1) is 18.2 Å². The lowest BCUT2D eigenvalue weighted by atomic mass is 10.1. The summed E-state index contributed by atoms with van der Waals surface area (Å²) in [6.45, 7) is 2.04. The maximum atomic E-state index is 5.58. The van der Waals surface area contributed by atoms with Gasteiger partial charge in [0.15, 0.2) is 0 Å². The van der Waals surface area contributed by atoms with Crippen molar-refractivity contribution in [3.05, 3.63) is 0 Å². The molecule has 0 bridgehead atoms. The molecule has 0 spiro atoms. The van der Waals surface area contributed by atoms with Crippen molar-refractivity contribution >= 4 is 0 Å². The van der Waals surface area contributed by atoms with Gasteiger partial charge in [-0.15, -0.1) is 6.42 Å². The summed E-state index contributed by atoms with van der Waals surface area (Å²) in [5, 5.41) is 0. The second-order valence-corrected chi connectivity index (χ2v) is 2.75. The third-order valence-corrected chi connectivity index (χ3v) is 1.86. The van der Waals surface area contributed by atoms with Crippen molar-refractivity contribution in [3.8, 4) is 12.3 Å². The van der Waals surface area contributed by atoms with Crippen molar-refractivity contribution in [2.75, 3.05) is 0 Å². The fraction of sp³-hybridized carbons (Fsp3) is 0.750. The van der Waals surface area contributed by atoms with Crippen LogP contribution in [-0.2, 0) is 4.74 Å². The zero-order chi connectivity index (χ0) is 7.56. The van der Waals surface area contributed by atoms with Gasteiger partial charge in [0, 0.05) is 0 Å². The quantitative estimate of drug-likeness (QED) is 0.537. The van der Waals surface area contributed by atoms with Crippen LogP contribution >= 0.6 is 0 Å². The molecule has 0 aliphatic carbocycles. The Labute approximate surface area is 61.7 Å². The molecular weight excluding hydrogens is 126 g/mol. The monoisotopic (exact) mass is 139 g/mol. The highest BCUT2D eigenvalue weighted by Gasteiger charge is 2.25. The van der Waals surface area contributed by atoms with Gasteiger partial charge in [0.1, 0.15) is 0 Å². The highest BCUT2D eigenvalue weighted by molar-refractivity contribution is 5.02. The summed E-state index contributed by atoms with van der Waals surface area (Å²) in [7, 11) is 0. The van der Waals surface area contributed by atoms with Gasteiger partial charge in [-0.3, -0.25) is 0 Å². The molecule has 0 aromatic carbocycles. The zero-order valence-electron chi connectivity index (χ0n) is 6.21. The van der Waals surface area contributed by atoms with E-state index in [4.69, 9.17) is 16.9 Å². The number of nitrogens with two attached hydrogens (primary N) is 1. The van der Waals surface area contributed by atoms with Gasteiger partial charge in [0.25, 0.3) is 0 Å². The highest BCUT2D eigenvalue weighted by Crippen LogP contribution is 2.20. The average Bonchev–Trinajstić information content (AvgIpc) is 2.34. The number of hydrogen-bond acceptors (Lipinski definition) is 2. The van der Waals surface area contributed by atoms with Gasteiger partial charge >= 0.3 is 0 Å². The van der Waals surface area contributed by atoms with Crippen molar-refractivity contribution in [2.45, 2.75) is 38.0 Å². The summed E-state index contributed by atoms with van der Waals surface area (Å²) in [5.41, 5.74) is 5.58. The van der Waals surface area contributed by atoms with E-state index in [0.717, 1.165) is 12.8 Å². The molecule has 2 heteroatoms. The largest absolute Gasteiger partial charge is 0.373 e. The van der Waals surface area contributed by atoms with Gasteiger partial charge < -0.3 is 10.5 Å². The molecule has 0 aromatic rings. The maximum Gasteiger partial charge on any atom is 0.0927 e. The standard InChI is InChI=1S/C8H13NO/c1-3-7(9)8-5-4-6(2)10-8/h1,6-8H,4-5,9H2,2H3. The number of ether oxygens (including phenoxy) is 1. The highest BCUT2D eigenvalue weighted by atomic mass is 16.5. The van der Waals surface area contributed by atoms with E-state index in [1.165, 1.54) is 0 Å². The van der Waals surface area contributed by atoms with E-state index in [1.54, 1.807) is 0 Å². The van der Waals surface area contributed by atoms with Crippen LogP contribution in [0.25, 0.3) is 0 Å². The smallest absolute Gasteiger partial charge is 0.0927 e. The normalized spacial score (nSPS) is 35.3. The van der Waals surface area contributed by atoms with Crippen LogP contribution in [0.3, 0.4) is 0 Å². The van der Waals surface area contributed by atoms with Crippen LogP contribution in [0.5, 0.6) is 0 Å². The van der Waals surface area contributed by atoms with Crippen LogP contribution in [0.15, 0.2) is 0 Å². The molecule has 3 unspecified atom stereocenters. The van der Waals surface area contributed by atoms with Gasteiger partial charge in [-0.2, -0.15) is 0 Å². The predicted octanol–water partition coefficient (Wildman–Crippen LogP) is 0.514. The fourth-order valence-electron chi connectivity index (χ4n) is 1.20. The molecule has 1 saturated heterocycles. The fourth-order valence-corrected chi connectivity index (χ4v) is 1.20. The SMILES string of the molecule is C#CC(N)C1CCC(C)O1. The Balaban J connectivity index is 2.39. The second-order valence-electron chi connectivity index (χ2n) is 2.75. The maximum absolute atomic E-state index is 5.58. The Morgan fingerprint density at radius 3 is 2.80 bits per heavy atom. The summed E-state index contributed by atoms with van der Waals surface area (Å²) in [6, 6.07) is -0.218. The lowest BCUT2D eigenvalue weighted by molar-refractivity contribution is 0.0505. The molecule has 1 aliphatic heterocycles. The molecule has 0 amide bonds. The van der Waals surface area contributed by atoms with E-state index in [-0.39, 0.29) is 12.1 Å². The molecular formula is C8H13NO. The van der Waals surface area contributed by atoms with Gasteiger partial charge in [-0.05, 0) is 19.8 Å². The molecule has 2 nitrogen and oxygen atoms in total. The third-order valence-electron chi connectivity index (χ3n) is 1.86. The van der Waals surface area contributed by atoms with Crippen molar-refractivity contribution in [2.24, 2.45) is 5.73 Å². The molecule has 0 saturated carbocycles. The Morgan fingerprint density at radius 1 is 1.70 bits per heavy atom. The first-order chi connectivity index (χ1) is 4.74. The topological polar surface area (TPSA) is 35.2 Å². The first-order valence-corrected chi connectivity index (χ1v) is 3.61. The van der Waals surface area contributed by atoms with E-state index in [0.29, 0.717) is 6.10 Å². The molecule has 1 rings (SSSR count). The van der Waals surface area contributed by atoms with E-state index >= 15 is 0 Å². The molecule has 3 atom stereocenters. The van der Waals surface area contributed by atoms with E-state index in [1.807, 2.05) is 6.92 Å². The predicted molar refractivity (Wildman–Crippen MR) is 40.4 cm³/mol. The Morgan fingerprint density at radius 2 is 2.40 bits per heavy atom. The van der Waals surface area contributed by atoms with E-state index in [2.05, 4.69) is 5.92 Å². The molecule has 1 aliphatic rings. The molecule has 56 valence electrons. The summed E-state index contributed by atoms with van der Waals surface area (Å²) < 4.78 is 5.45. The second kappa shape index (κ2) is 3.05. The van der Waals surface area contributed by atoms with Crippen molar-refractivity contribution in [1.82, 2.24) is 0 Å². The Bertz CT molecular complexity index is 150. The lowest BCUT2D eigenvalue weighted by Crippen LogP contribution is -2.32. The van der Waals surface area contributed by atoms with E-state index < -0.39 is 0 Å². The van der Waals surface area contributed by atoms with Gasteiger partial charge in [-0.25, -0.2) is 0 Å². The summed E-state index contributed by atoms with van der Waals surface area (Å²) >= 11 is 0. The van der Waals surface area contributed by atoms with Crippen LogP contribution in [0.1, 0.15) is 19.8 Å². The molecule has 1 fully saturated rings. The van der Waals surface area contributed by atoms with Crippen LogP contribution in [-0.4, -0.2) is 18.2 Å². The van der Waals surface area contributed by atoms with Crippen LogP contribution in [0.4, 0.5) is 0 Å². The van der Waals surface area contributed by atoms with Gasteiger partial charge in [-0.1, -0.05) is 5.92 Å². The van der Waals surface area contributed by atoms with Gasteiger partial charge in [0.2, 0.25) is 0 Å². The van der Waals surface area contributed by atoms with Crippen LogP contribution in [0, 0.1) is 12.3 Å². The van der Waals surface area contributed by atoms with Crippen LogP contribution in [0.2, 0.25) is 0 Å². The zero-order valence-corrected chi connectivity index (χ0v) is 6.21. The first kappa shape index (κ1) is 7.59. The summed E-state index contributed by atoms with van der Waals surface area (Å²) in [5.74, 6) is 2.48. The number of hydrogen-bond donors (Lipinski definition) is 1. The Kier molecular flexibility index (Phi) is 2.31. The molecule has 0 aromatic heterocycles.